The summed E-state index contributed by atoms with van der Waals surface area (Å²) in [5, 5.41) is 8.06. The quantitative estimate of drug-likeness (QED) is 0.844. The summed E-state index contributed by atoms with van der Waals surface area (Å²) >= 11 is 0. The molecule has 0 aliphatic rings. The number of unbranched alkanes of at least 4 members (excludes halogenated alkanes) is 1. The van der Waals surface area contributed by atoms with Gasteiger partial charge < -0.3 is 5.32 Å². The van der Waals surface area contributed by atoms with Crippen molar-refractivity contribution in [1.29, 1.82) is 0 Å². The van der Waals surface area contributed by atoms with Gasteiger partial charge in [0.15, 0.2) is 0 Å². The Morgan fingerprint density at radius 1 is 1.33 bits per heavy atom. The number of hydrogen-bond donors (Lipinski definition) is 2. The van der Waals surface area contributed by atoms with Crippen LogP contribution in [0.3, 0.4) is 0 Å². The van der Waals surface area contributed by atoms with Gasteiger partial charge in [-0.3, -0.25) is 4.79 Å². The molecule has 118 valence electrons. The predicted octanol–water partition coefficient (Wildman–Crippen LogP) is 2.26. The Bertz CT molecular complexity index is 624. The average Bonchev–Trinajstić information content (AvgIpc) is 2.37. The molecule has 3 N–H and O–H groups in total. The lowest BCUT2D eigenvalue weighted by Gasteiger charge is -2.16. The Morgan fingerprint density at radius 3 is 2.48 bits per heavy atom. The first-order chi connectivity index (χ1) is 9.66. The van der Waals surface area contributed by atoms with Crippen molar-refractivity contribution >= 4 is 15.9 Å². The molecule has 0 saturated carbocycles. The van der Waals surface area contributed by atoms with E-state index in [0.29, 0.717) is 5.56 Å². The number of rotatable bonds is 6. The predicted molar refractivity (Wildman–Crippen MR) is 83.7 cm³/mol. The number of aryl methyl sites for hydroxylation is 1. The topological polar surface area (TPSA) is 89.3 Å². The molecule has 0 aromatic heterocycles. The maximum atomic E-state index is 12.3. The molecule has 0 radical (unpaired) electrons. The highest BCUT2D eigenvalue weighted by Gasteiger charge is 2.18. The van der Waals surface area contributed by atoms with Crippen LogP contribution in [0.4, 0.5) is 0 Å². The molecule has 0 saturated heterocycles. The van der Waals surface area contributed by atoms with Gasteiger partial charge in [-0.2, -0.15) is 0 Å². The Labute approximate surface area is 127 Å². The maximum Gasteiger partial charge on any atom is 0.251 e. The number of nitrogens with one attached hydrogen (secondary N) is 1. The molecule has 6 heteroatoms. The maximum absolute atomic E-state index is 12.3. The van der Waals surface area contributed by atoms with Crippen LogP contribution in [0.1, 0.15) is 54.6 Å². The summed E-state index contributed by atoms with van der Waals surface area (Å²) in [7, 11) is -3.82. The zero-order valence-electron chi connectivity index (χ0n) is 13.1. The van der Waals surface area contributed by atoms with Gasteiger partial charge in [0.2, 0.25) is 10.0 Å². The van der Waals surface area contributed by atoms with Gasteiger partial charge in [0.25, 0.3) is 5.91 Å². The molecule has 0 heterocycles. The third-order valence-corrected chi connectivity index (χ3v) is 4.47. The number of carbonyl (C=O) groups excluding carboxylic acids is 1. The summed E-state index contributed by atoms with van der Waals surface area (Å²) in [6.07, 6.45) is 3.01. The van der Waals surface area contributed by atoms with E-state index in [1.165, 1.54) is 12.1 Å². The van der Waals surface area contributed by atoms with Gasteiger partial charge in [0.1, 0.15) is 0 Å². The fraction of sp³-hybridized carbons (Fsp3) is 0.533. The van der Waals surface area contributed by atoms with Crippen molar-refractivity contribution in [2.75, 3.05) is 0 Å². The third-order valence-electron chi connectivity index (χ3n) is 3.58. The summed E-state index contributed by atoms with van der Waals surface area (Å²) < 4.78 is 23.0. The molecule has 1 amide bonds. The normalized spacial score (nSPS) is 13.0. The van der Waals surface area contributed by atoms with Crippen LogP contribution in [0.15, 0.2) is 17.0 Å². The molecule has 1 unspecified atom stereocenters. The van der Waals surface area contributed by atoms with Crippen LogP contribution in [0, 0.1) is 13.8 Å². The van der Waals surface area contributed by atoms with Crippen molar-refractivity contribution in [2.24, 2.45) is 5.14 Å². The third kappa shape index (κ3) is 4.82. The number of amides is 1. The van der Waals surface area contributed by atoms with Gasteiger partial charge in [-0.1, -0.05) is 19.8 Å². The van der Waals surface area contributed by atoms with Crippen molar-refractivity contribution in [3.63, 3.8) is 0 Å². The number of sulfonamides is 1. The van der Waals surface area contributed by atoms with E-state index in [1.807, 2.05) is 6.92 Å². The van der Waals surface area contributed by atoms with Crippen LogP contribution in [0.2, 0.25) is 0 Å². The second kappa shape index (κ2) is 7.04. The van der Waals surface area contributed by atoms with Crippen LogP contribution in [0.5, 0.6) is 0 Å². The van der Waals surface area contributed by atoms with Crippen LogP contribution in [-0.4, -0.2) is 20.4 Å². The summed E-state index contributed by atoms with van der Waals surface area (Å²) in [4.78, 5) is 12.3. The smallest absolute Gasteiger partial charge is 0.251 e. The lowest BCUT2D eigenvalue weighted by Crippen LogP contribution is -2.33. The molecule has 0 aliphatic heterocycles. The minimum Gasteiger partial charge on any atom is -0.350 e. The fourth-order valence-corrected chi connectivity index (χ4v) is 2.73. The molecule has 1 aromatic carbocycles. The Morgan fingerprint density at radius 2 is 1.95 bits per heavy atom. The first-order valence-corrected chi connectivity index (χ1v) is 8.66. The second-order valence-corrected chi connectivity index (χ2v) is 7.04. The highest BCUT2D eigenvalue weighted by atomic mass is 32.2. The molecule has 0 fully saturated rings. The minimum absolute atomic E-state index is 0.0306. The van der Waals surface area contributed by atoms with Gasteiger partial charge >= 0.3 is 0 Å². The van der Waals surface area contributed by atoms with Gasteiger partial charge in [0, 0.05) is 11.6 Å². The largest absolute Gasteiger partial charge is 0.350 e. The standard InChI is InChI=1S/C15H24N2O3S/c1-5-6-7-11(3)17-15(18)14-9-13(21(16,19)20)8-10(2)12(14)4/h8-9,11H,5-7H2,1-4H3,(H,17,18)(H2,16,19,20). The summed E-state index contributed by atoms with van der Waals surface area (Å²) in [6.45, 7) is 7.60. The molecule has 1 rings (SSSR count). The number of hydrogen-bond acceptors (Lipinski definition) is 3. The van der Waals surface area contributed by atoms with E-state index in [0.717, 1.165) is 30.4 Å². The number of nitrogens with two attached hydrogens (primary N) is 1. The average molecular weight is 312 g/mol. The fourth-order valence-electron chi connectivity index (χ4n) is 2.11. The van der Waals surface area contributed by atoms with Crippen molar-refractivity contribution in [3.8, 4) is 0 Å². The molecule has 21 heavy (non-hydrogen) atoms. The molecule has 0 spiro atoms. The molecular formula is C15H24N2O3S. The monoisotopic (exact) mass is 312 g/mol. The highest BCUT2D eigenvalue weighted by Crippen LogP contribution is 2.19. The van der Waals surface area contributed by atoms with Crippen molar-refractivity contribution in [2.45, 2.75) is 57.9 Å². The van der Waals surface area contributed by atoms with Crippen molar-refractivity contribution in [3.05, 3.63) is 28.8 Å². The van der Waals surface area contributed by atoms with E-state index in [1.54, 1.807) is 13.8 Å². The molecule has 1 atom stereocenters. The zero-order valence-corrected chi connectivity index (χ0v) is 13.9. The molecule has 0 aliphatic carbocycles. The van der Waals surface area contributed by atoms with Gasteiger partial charge in [-0.05, 0) is 50.5 Å². The first kappa shape index (κ1) is 17.7. The Hall–Kier alpha value is -1.40. The Kier molecular flexibility index (Phi) is 5.92. The van der Waals surface area contributed by atoms with E-state index in [9.17, 15) is 13.2 Å². The van der Waals surface area contributed by atoms with Crippen LogP contribution in [0.25, 0.3) is 0 Å². The van der Waals surface area contributed by atoms with E-state index < -0.39 is 10.0 Å². The molecule has 1 aromatic rings. The zero-order chi connectivity index (χ0) is 16.2. The number of carbonyl (C=O) groups is 1. The molecule has 5 nitrogen and oxygen atoms in total. The minimum atomic E-state index is -3.82. The van der Waals surface area contributed by atoms with E-state index in [2.05, 4.69) is 12.2 Å². The number of benzene rings is 1. The lowest BCUT2D eigenvalue weighted by atomic mass is 10.0. The van der Waals surface area contributed by atoms with Crippen LogP contribution in [-0.2, 0) is 10.0 Å². The first-order valence-electron chi connectivity index (χ1n) is 7.11. The SMILES string of the molecule is CCCCC(C)NC(=O)c1cc(S(N)(=O)=O)cc(C)c1C. The molecule has 0 bridgehead atoms. The van der Waals surface area contributed by atoms with Crippen LogP contribution < -0.4 is 10.5 Å². The number of primary sulfonamides is 1. The lowest BCUT2D eigenvalue weighted by molar-refractivity contribution is 0.0937. The van der Waals surface area contributed by atoms with Crippen molar-refractivity contribution in [1.82, 2.24) is 5.32 Å². The van der Waals surface area contributed by atoms with Gasteiger partial charge in [-0.25, -0.2) is 13.6 Å². The van der Waals surface area contributed by atoms with E-state index in [-0.39, 0.29) is 16.8 Å². The summed E-state index contributed by atoms with van der Waals surface area (Å²) in [5.41, 5.74) is 1.86. The van der Waals surface area contributed by atoms with Gasteiger partial charge in [-0.15, -0.1) is 0 Å². The van der Waals surface area contributed by atoms with Crippen molar-refractivity contribution < 1.29 is 13.2 Å². The highest BCUT2D eigenvalue weighted by molar-refractivity contribution is 7.89. The van der Waals surface area contributed by atoms with E-state index in [4.69, 9.17) is 5.14 Å². The summed E-state index contributed by atoms with van der Waals surface area (Å²) in [5.74, 6) is -0.260. The van der Waals surface area contributed by atoms with E-state index >= 15 is 0 Å². The second-order valence-electron chi connectivity index (χ2n) is 5.47. The summed E-state index contributed by atoms with van der Waals surface area (Å²) in [6, 6.07) is 2.89. The van der Waals surface area contributed by atoms with Gasteiger partial charge in [0.05, 0.1) is 4.90 Å². The van der Waals surface area contributed by atoms with Crippen LogP contribution >= 0.6 is 0 Å². The Balaban J connectivity index is 3.06. The molecular weight excluding hydrogens is 288 g/mol.